The Morgan fingerprint density at radius 3 is 2.86 bits per heavy atom. The molecule has 1 atom stereocenters. The van der Waals surface area contributed by atoms with E-state index in [9.17, 15) is 9.90 Å². The van der Waals surface area contributed by atoms with Crippen molar-refractivity contribution in [2.45, 2.75) is 38.5 Å². The molecule has 6 nitrogen and oxygen atoms in total. The molecule has 2 heterocycles. The SMILES string of the molecule is O=C(O)C1CCCN(c2cncc(OCC3CCCC3)n2)C1. The average molecular weight is 305 g/mol. The monoisotopic (exact) mass is 305 g/mol. The van der Waals surface area contributed by atoms with Crippen LogP contribution in [0.1, 0.15) is 38.5 Å². The Kier molecular flexibility index (Phi) is 4.75. The fourth-order valence-corrected chi connectivity index (χ4v) is 3.33. The molecule has 1 saturated carbocycles. The Morgan fingerprint density at radius 1 is 1.27 bits per heavy atom. The Morgan fingerprint density at radius 2 is 2.09 bits per heavy atom. The van der Waals surface area contributed by atoms with Gasteiger partial charge in [-0.25, -0.2) is 0 Å². The van der Waals surface area contributed by atoms with Gasteiger partial charge in [0.15, 0.2) is 5.82 Å². The predicted molar refractivity (Wildman–Crippen MR) is 82.1 cm³/mol. The number of aromatic nitrogens is 2. The van der Waals surface area contributed by atoms with Crippen molar-refractivity contribution in [1.29, 1.82) is 0 Å². The molecule has 1 unspecified atom stereocenters. The standard InChI is InChI=1S/C16H23N3O3/c20-16(21)13-6-3-7-19(10-13)14-8-17-9-15(18-14)22-11-12-4-1-2-5-12/h8-9,12-13H,1-7,10-11H2,(H,20,21). The van der Waals surface area contributed by atoms with Crippen LogP contribution in [0.2, 0.25) is 0 Å². The van der Waals surface area contributed by atoms with Gasteiger partial charge in [-0.1, -0.05) is 12.8 Å². The van der Waals surface area contributed by atoms with E-state index >= 15 is 0 Å². The fourth-order valence-electron chi connectivity index (χ4n) is 3.33. The van der Waals surface area contributed by atoms with Gasteiger partial charge in [0.2, 0.25) is 5.88 Å². The van der Waals surface area contributed by atoms with Crippen molar-refractivity contribution in [3.05, 3.63) is 12.4 Å². The number of nitrogens with zero attached hydrogens (tertiary/aromatic N) is 3. The number of piperidine rings is 1. The first-order chi connectivity index (χ1) is 10.7. The van der Waals surface area contributed by atoms with Crippen molar-refractivity contribution >= 4 is 11.8 Å². The zero-order chi connectivity index (χ0) is 15.4. The molecule has 0 bridgehead atoms. The van der Waals surface area contributed by atoms with E-state index in [-0.39, 0.29) is 5.92 Å². The maximum Gasteiger partial charge on any atom is 0.308 e. The minimum absolute atomic E-state index is 0.321. The second-order valence-corrected chi connectivity index (χ2v) is 6.30. The highest BCUT2D eigenvalue weighted by Crippen LogP contribution is 2.26. The minimum Gasteiger partial charge on any atom is -0.481 e. The lowest BCUT2D eigenvalue weighted by atomic mass is 9.98. The van der Waals surface area contributed by atoms with Crippen LogP contribution in [-0.2, 0) is 4.79 Å². The molecular weight excluding hydrogens is 282 g/mol. The van der Waals surface area contributed by atoms with Crippen molar-refractivity contribution in [2.24, 2.45) is 11.8 Å². The summed E-state index contributed by atoms with van der Waals surface area (Å²) in [6, 6.07) is 0. The van der Waals surface area contributed by atoms with Crippen LogP contribution in [0.4, 0.5) is 5.82 Å². The van der Waals surface area contributed by atoms with Gasteiger partial charge in [0, 0.05) is 13.1 Å². The van der Waals surface area contributed by atoms with E-state index in [0.717, 1.165) is 25.2 Å². The summed E-state index contributed by atoms with van der Waals surface area (Å²) >= 11 is 0. The number of hydrogen-bond acceptors (Lipinski definition) is 5. The first kappa shape index (κ1) is 15.1. The summed E-state index contributed by atoms with van der Waals surface area (Å²) in [5, 5.41) is 9.18. The van der Waals surface area contributed by atoms with Crippen LogP contribution in [0.15, 0.2) is 12.4 Å². The first-order valence-corrected chi connectivity index (χ1v) is 8.15. The van der Waals surface area contributed by atoms with Crippen LogP contribution in [0.25, 0.3) is 0 Å². The molecular formula is C16H23N3O3. The van der Waals surface area contributed by atoms with Gasteiger partial charge in [-0.2, -0.15) is 4.98 Å². The molecule has 2 aliphatic rings. The van der Waals surface area contributed by atoms with Gasteiger partial charge in [-0.05, 0) is 31.6 Å². The summed E-state index contributed by atoms with van der Waals surface area (Å²) < 4.78 is 5.78. The van der Waals surface area contributed by atoms with Gasteiger partial charge in [0.1, 0.15) is 0 Å². The predicted octanol–water partition coefficient (Wildman–Crippen LogP) is 2.35. The highest BCUT2D eigenvalue weighted by molar-refractivity contribution is 5.71. The van der Waals surface area contributed by atoms with E-state index in [0.29, 0.717) is 24.9 Å². The van der Waals surface area contributed by atoms with Crippen molar-refractivity contribution < 1.29 is 14.6 Å². The molecule has 1 aliphatic carbocycles. The number of carboxylic acids is 1. The maximum absolute atomic E-state index is 11.2. The molecule has 1 N–H and O–H groups in total. The molecule has 1 aromatic rings. The van der Waals surface area contributed by atoms with Crippen LogP contribution in [-0.4, -0.2) is 40.7 Å². The molecule has 6 heteroatoms. The van der Waals surface area contributed by atoms with Crippen molar-refractivity contribution in [2.75, 3.05) is 24.6 Å². The summed E-state index contributed by atoms with van der Waals surface area (Å²) in [4.78, 5) is 21.9. The maximum atomic E-state index is 11.2. The highest BCUT2D eigenvalue weighted by atomic mass is 16.5. The number of ether oxygens (including phenoxy) is 1. The lowest BCUT2D eigenvalue weighted by Gasteiger charge is -2.31. The summed E-state index contributed by atoms with van der Waals surface area (Å²) in [7, 11) is 0. The van der Waals surface area contributed by atoms with E-state index in [1.807, 2.05) is 4.90 Å². The summed E-state index contributed by atoms with van der Waals surface area (Å²) in [6.45, 7) is 2.02. The summed E-state index contributed by atoms with van der Waals surface area (Å²) in [5.74, 6) is 0.846. The third-order valence-corrected chi connectivity index (χ3v) is 4.64. The summed E-state index contributed by atoms with van der Waals surface area (Å²) in [5.41, 5.74) is 0. The zero-order valence-electron chi connectivity index (χ0n) is 12.8. The van der Waals surface area contributed by atoms with Gasteiger partial charge in [-0.3, -0.25) is 9.78 Å². The van der Waals surface area contributed by atoms with E-state index in [1.54, 1.807) is 12.4 Å². The third-order valence-electron chi connectivity index (χ3n) is 4.64. The molecule has 0 radical (unpaired) electrons. The van der Waals surface area contributed by atoms with Crippen LogP contribution < -0.4 is 9.64 Å². The zero-order valence-corrected chi connectivity index (χ0v) is 12.8. The van der Waals surface area contributed by atoms with E-state index < -0.39 is 5.97 Å². The van der Waals surface area contributed by atoms with Crippen molar-refractivity contribution in [3.8, 4) is 5.88 Å². The summed E-state index contributed by atoms with van der Waals surface area (Å²) in [6.07, 6.45) is 9.99. The Hall–Kier alpha value is -1.85. The van der Waals surface area contributed by atoms with Gasteiger partial charge in [0.05, 0.1) is 24.9 Å². The quantitative estimate of drug-likeness (QED) is 0.900. The number of carboxylic acid groups (broad SMARTS) is 1. The number of rotatable bonds is 5. The van der Waals surface area contributed by atoms with Crippen LogP contribution in [0.3, 0.4) is 0 Å². The minimum atomic E-state index is -0.730. The second kappa shape index (κ2) is 6.94. The van der Waals surface area contributed by atoms with Gasteiger partial charge < -0.3 is 14.7 Å². The second-order valence-electron chi connectivity index (χ2n) is 6.30. The molecule has 1 aromatic heterocycles. The number of hydrogen-bond donors (Lipinski definition) is 1. The number of aliphatic carboxylic acids is 1. The first-order valence-electron chi connectivity index (χ1n) is 8.15. The molecule has 0 amide bonds. The average Bonchev–Trinajstić information content (AvgIpc) is 3.07. The smallest absolute Gasteiger partial charge is 0.308 e. The number of carbonyl (C=O) groups is 1. The molecule has 3 rings (SSSR count). The van der Waals surface area contributed by atoms with E-state index in [1.165, 1.54) is 25.7 Å². The molecule has 1 saturated heterocycles. The molecule has 0 spiro atoms. The van der Waals surface area contributed by atoms with Crippen LogP contribution >= 0.6 is 0 Å². The molecule has 0 aromatic carbocycles. The van der Waals surface area contributed by atoms with Gasteiger partial charge in [0.25, 0.3) is 0 Å². The lowest BCUT2D eigenvalue weighted by Crippen LogP contribution is -2.39. The molecule has 120 valence electrons. The lowest BCUT2D eigenvalue weighted by molar-refractivity contribution is -0.141. The van der Waals surface area contributed by atoms with Gasteiger partial charge >= 0.3 is 5.97 Å². The normalized spacial score (nSPS) is 22.7. The number of anilines is 1. The van der Waals surface area contributed by atoms with Crippen molar-refractivity contribution in [3.63, 3.8) is 0 Å². The topological polar surface area (TPSA) is 75.5 Å². The Balaban J connectivity index is 1.61. The van der Waals surface area contributed by atoms with E-state index in [2.05, 4.69) is 9.97 Å². The van der Waals surface area contributed by atoms with Crippen LogP contribution in [0, 0.1) is 11.8 Å². The Labute approximate surface area is 130 Å². The van der Waals surface area contributed by atoms with Gasteiger partial charge in [-0.15, -0.1) is 0 Å². The molecule has 1 aliphatic heterocycles. The van der Waals surface area contributed by atoms with E-state index in [4.69, 9.17) is 4.74 Å². The Bertz CT molecular complexity index is 517. The fraction of sp³-hybridized carbons (Fsp3) is 0.688. The van der Waals surface area contributed by atoms with Crippen molar-refractivity contribution in [1.82, 2.24) is 9.97 Å². The van der Waals surface area contributed by atoms with Crippen LogP contribution in [0.5, 0.6) is 5.88 Å². The third kappa shape index (κ3) is 3.67. The highest BCUT2D eigenvalue weighted by Gasteiger charge is 2.26. The largest absolute Gasteiger partial charge is 0.481 e. The molecule has 22 heavy (non-hydrogen) atoms. The molecule has 2 fully saturated rings.